The second-order valence-electron chi connectivity index (χ2n) is 5.85. The molecule has 0 amide bonds. The molecule has 1 aliphatic rings. The van der Waals surface area contributed by atoms with Crippen molar-refractivity contribution in [1.82, 2.24) is 4.90 Å². The van der Waals surface area contributed by atoms with Gasteiger partial charge in [-0.15, -0.1) is 0 Å². The minimum absolute atomic E-state index is 0.200. The Morgan fingerprint density at radius 2 is 2.25 bits per heavy atom. The van der Waals surface area contributed by atoms with E-state index in [4.69, 9.17) is 0 Å². The molecule has 2 rings (SSSR count). The molecule has 0 saturated carbocycles. The number of anilines is 1. The molecule has 0 bridgehead atoms. The fourth-order valence-corrected chi connectivity index (χ4v) is 2.80. The van der Waals surface area contributed by atoms with Gasteiger partial charge in [0.2, 0.25) is 0 Å². The summed E-state index contributed by atoms with van der Waals surface area (Å²) in [5, 5.41) is 14.4. The fraction of sp³-hybridized carbons (Fsp3) is 0.600. The average molecular weight is 277 g/mol. The van der Waals surface area contributed by atoms with Gasteiger partial charge < -0.3 is 10.2 Å². The van der Waals surface area contributed by atoms with Crippen LogP contribution in [0.15, 0.2) is 18.2 Å². The summed E-state index contributed by atoms with van der Waals surface area (Å²) < 4.78 is 0. The Hall–Kier alpha value is -1.62. The molecular formula is C15H23N3O2. The van der Waals surface area contributed by atoms with Crippen LogP contribution in [0.5, 0.6) is 0 Å². The topological polar surface area (TPSA) is 58.4 Å². The van der Waals surface area contributed by atoms with Crippen molar-refractivity contribution in [2.24, 2.45) is 5.92 Å². The van der Waals surface area contributed by atoms with E-state index >= 15 is 0 Å². The Labute approximate surface area is 120 Å². The van der Waals surface area contributed by atoms with E-state index in [1.54, 1.807) is 19.1 Å². The first-order chi connectivity index (χ1) is 9.49. The van der Waals surface area contributed by atoms with Crippen LogP contribution in [0.2, 0.25) is 0 Å². The Balaban J connectivity index is 1.98. The maximum atomic E-state index is 11.1. The van der Waals surface area contributed by atoms with E-state index in [1.807, 2.05) is 6.07 Å². The third kappa shape index (κ3) is 3.28. The highest BCUT2D eigenvalue weighted by molar-refractivity contribution is 5.65. The molecule has 0 aliphatic carbocycles. The Kier molecular flexibility index (Phi) is 4.60. The molecule has 5 heteroatoms. The minimum atomic E-state index is -0.299. The van der Waals surface area contributed by atoms with E-state index in [-0.39, 0.29) is 10.6 Å². The van der Waals surface area contributed by atoms with Crippen LogP contribution in [0, 0.1) is 23.0 Å². The highest BCUT2D eigenvalue weighted by atomic mass is 16.6. The standard InChI is InChI=1S/C15H23N3O2/c1-11(2)17-8-7-13(10-17)9-16-14-6-4-5-12(3)15(14)18(19)20/h4-6,11,13,16H,7-10H2,1-3H3. The lowest BCUT2D eigenvalue weighted by molar-refractivity contribution is -0.384. The molecule has 1 heterocycles. The van der Waals surface area contributed by atoms with Crippen LogP contribution in [-0.4, -0.2) is 35.5 Å². The Bertz CT molecular complexity index is 488. The first-order valence-electron chi connectivity index (χ1n) is 7.21. The summed E-state index contributed by atoms with van der Waals surface area (Å²) in [5.74, 6) is 0.567. The number of hydrogen-bond donors (Lipinski definition) is 1. The number of para-hydroxylation sites is 1. The summed E-state index contributed by atoms with van der Waals surface area (Å²) in [6, 6.07) is 6.01. The summed E-state index contributed by atoms with van der Waals surface area (Å²) in [6.45, 7) is 9.19. The minimum Gasteiger partial charge on any atom is -0.379 e. The van der Waals surface area contributed by atoms with Gasteiger partial charge in [-0.05, 0) is 45.7 Å². The molecule has 1 aliphatic heterocycles. The highest BCUT2D eigenvalue weighted by Gasteiger charge is 2.25. The maximum absolute atomic E-state index is 11.1. The molecule has 0 spiro atoms. The van der Waals surface area contributed by atoms with Gasteiger partial charge in [-0.3, -0.25) is 10.1 Å². The molecule has 1 fully saturated rings. The quantitative estimate of drug-likeness (QED) is 0.664. The Morgan fingerprint density at radius 3 is 2.85 bits per heavy atom. The monoisotopic (exact) mass is 277 g/mol. The van der Waals surface area contributed by atoms with E-state index in [9.17, 15) is 10.1 Å². The second-order valence-corrected chi connectivity index (χ2v) is 5.85. The van der Waals surface area contributed by atoms with Crippen molar-refractivity contribution >= 4 is 11.4 Å². The average Bonchev–Trinajstić information content (AvgIpc) is 2.84. The van der Waals surface area contributed by atoms with Crippen molar-refractivity contribution in [3.8, 4) is 0 Å². The highest BCUT2D eigenvalue weighted by Crippen LogP contribution is 2.28. The molecule has 0 radical (unpaired) electrons. The lowest BCUT2D eigenvalue weighted by Gasteiger charge is -2.20. The lowest BCUT2D eigenvalue weighted by atomic mass is 10.1. The van der Waals surface area contributed by atoms with Crippen molar-refractivity contribution in [1.29, 1.82) is 0 Å². The predicted octanol–water partition coefficient (Wildman–Crippen LogP) is 3.05. The van der Waals surface area contributed by atoms with Crippen molar-refractivity contribution in [3.63, 3.8) is 0 Å². The largest absolute Gasteiger partial charge is 0.379 e. The summed E-state index contributed by atoms with van der Waals surface area (Å²) in [6.07, 6.45) is 1.16. The van der Waals surface area contributed by atoms with Crippen molar-refractivity contribution in [3.05, 3.63) is 33.9 Å². The van der Waals surface area contributed by atoms with Crippen molar-refractivity contribution < 1.29 is 4.92 Å². The van der Waals surface area contributed by atoms with Gasteiger partial charge in [0.15, 0.2) is 0 Å². The lowest BCUT2D eigenvalue weighted by Crippen LogP contribution is -2.29. The molecule has 110 valence electrons. The third-order valence-electron chi connectivity index (χ3n) is 4.05. The molecule has 1 aromatic rings. The number of nitro groups is 1. The molecule has 0 aromatic heterocycles. The summed E-state index contributed by atoms with van der Waals surface area (Å²) in [4.78, 5) is 13.3. The van der Waals surface area contributed by atoms with Crippen LogP contribution >= 0.6 is 0 Å². The Morgan fingerprint density at radius 1 is 1.50 bits per heavy atom. The van der Waals surface area contributed by atoms with Gasteiger partial charge in [0.1, 0.15) is 5.69 Å². The zero-order valence-electron chi connectivity index (χ0n) is 12.4. The molecule has 1 saturated heterocycles. The second kappa shape index (κ2) is 6.22. The van der Waals surface area contributed by atoms with E-state index in [2.05, 4.69) is 24.1 Å². The fourth-order valence-electron chi connectivity index (χ4n) is 2.80. The van der Waals surface area contributed by atoms with E-state index in [0.717, 1.165) is 26.1 Å². The predicted molar refractivity (Wildman–Crippen MR) is 81.1 cm³/mol. The van der Waals surface area contributed by atoms with Gasteiger partial charge >= 0.3 is 0 Å². The molecule has 1 N–H and O–H groups in total. The molecule has 1 aromatic carbocycles. The van der Waals surface area contributed by atoms with Crippen LogP contribution in [-0.2, 0) is 0 Å². The van der Waals surface area contributed by atoms with Crippen LogP contribution in [0.1, 0.15) is 25.8 Å². The number of nitrogens with zero attached hydrogens (tertiary/aromatic N) is 2. The van der Waals surface area contributed by atoms with Gasteiger partial charge in [0.05, 0.1) is 4.92 Å². The van der Waals surface area contributed by atoms with Gasteiger partial charge in [-0.1, -0.05) is 12.1 Å². The molecule has 1 unspecified atom stereocenters. The van der Waals surface area contributed by atoms with Crippen LogP contribution in [0.3, 0.4) is 0 Å². The van der Waals surface area contributed by atoms with Crippen molar-refractivity contribution in [2.75, 3.05) is 25.0 Å². The van der Waals surface area contributed by atoms with Crippen LogP contribution < -0.4 is 5.32 Å². The number of benzene rings is 1. The van der Waals surface area contributed by atoms with Gasteiger partial charge in [-0.25, -0.2) is 0 Å². The van der Waals surface area contributed by atoms with E-state index in [0.29, 0.717) is 23.2 Å². The molecule has 20 heavy (non-hydrogen) atoms. The number of likely N-dealkylation sites (tertiary alicyclic amines) is 1. The SMILES string of the molecule is Cc1cccc(NCC2CCN(C(C)C)C2)c1[N+](=O)[O-]. The number of aryl methyl sites for hydroxylation is 1. The number of nitro benzene ring substituents is 1. The third-order valence-corrected chi connectivity index (χ3v) is 4.05. The zero-order valence-corrected chi connectivity index (χ0v) is 12.4. The number of nitrogens with one attached hydrogen (secondary N) is 1. The van der Waals surface area contributed by atoms with Crippen molar-refractivity contribution in [2.45, 2.75) is 33.2 Å². The summed E-state index contributed by atoms with van der Waals surface area (Å²) in [5.41, 5.74) is 1.54. The first kappa shape index (κ1) is 14.8. The normalized spacial score (nSPS) is 19.5. The molecule has 5 nitrogen and oxygen atoms in total. The summed E-state index contributed by atoms with van der Waals surface area (Å²) in [7, 11) is 0. The van der Waals surface area contributed by atoms with Gasteiger partial charge in [0.25, 0.3) is 5.69 Å². The maximum Gasteiger partial charge on any atom is 0.295 e. The number of hydrogen-bond acceptors (Lipinski definition) is 4. The van der Waals surface area contributed by atoms with E-state index in [1.165, 1.54) is 0 Å². The number of rotatable bonds is 5. The van der Waals surface area contributed by atoms with Crippen LogP contribution in [0.25, 0.3) is 0 Å². The zero-order chi connectivity index (χ0) is 14.7. The molecular weight excluding hydrogens is 254 g/mol. The smallest absolute Gasteiger partial charge is 0.295 e. The van der Waals surface area contributed by atoms with E-state index < -0.39 is 0 Å². The molecule has 1 atom stereocenters. The van der Waals surface area contributed by atoms with Gasteiger partial charge in [0, 0.05) is 24.7 Å². The van der Waals surface area contributed by atoms with Gasteiger partial charge in [-0.2, -0.15) is 0 Å². The van der Waals surface area contributed by atoms with Crippen LogP contribution in [0.4, 0.5) is 11.4 Å². The first-order valence-corrected chi connectivity index (χ1v) is 7.21. The summed E-state index contributed by atoms with van der Waals surface area (Å²) >= 11 is 0.